The van der Waals surface area contributed by atoms with Gasteiger partial charge in [0.25, 0.3) is 0 Å². The molecule has 0 fully saturated rings. The van der Waals surface area contributed by atoms with Gasteiger partial charge >= 0.3 is 6.09 Å². The molecule has 0 bridgehead atoms. The van der Waals surface area contributed by atoms with Crippen LogP contribution in [-0.4, -0.2) is 17.3 Å². The molecule has 0 aliphatic carbocycles. The normalized spacial score (nSPS) is 10.1. The molecular formula is C10H12FNO3. The van der Waals surface area contributed by atoms with Gasteiger partial charge in [0.2, 0.25) is 0 Å². The Kier molecular flexibility index (Phi) is 3.49. The largest absolute Gasteiger partial charge is 0.505 e. The summed E-state index contributed by atoms with van der Waals surface area (Å²) in [7, 11) is 0. The molecule has 15 heavy (non-hydrogen) atoms. The number of halogens is 1. The van der Waals surface area contributed by atoms with Crippen LogP contribution in [-0.2, 0) is 4.74 Å². The number of anilines is 1. The number of phenolic OH excluding ortho intramolecular Hbond substituents is 1. The predicted molar refractivity (Wildman–Crippen MR) is 53.3 cm³/mol. The van der Waals surface area contributed by atoms with E-state index in [1.807, 2.05) is 0 Å². The first-order chi connectivity index (χ1) is 6.99. The molecule has 0 saturated heterocycles. The van der Waals surface area contributed by atoms with Crippen molar-refractivity contribution < 1.29 is 19.0 Å². The Morgan fingerprint density at radius 2 is 2.20 bits per heavy atom. The summed E-state index contributed by atoms with van der Waals surface area (Å²) in [5.41, 5.74) is 0.232. The minimum absolute atomic E-state index is 0.232. The highest BCUT2D eigenvalue weighted by Crippen LogP contribution is 2.19. The van der Waals surface area contributed by atoms with Gasteiger partial charge in [-0.15, -0.1) is 0 Å². The van der Waals surface area contributed by atoms with Crippen molar-refractivity contribution in [3.63, 3.8) is 0 Å². The highest BCUT2D eigenvalue weighted by Gasteiger charge is 2.07. The SMILES string of the molecule is CC(C)OC(=O)Nc1ccc(O)c(F)c1. The number of rotatable bonds is 2. The monoisotopic (exact) mass is 213 g/mol. The molecule has 0 radical (unpaired) electrons. The molecule has 0 unspecified atom stereocenters. The Morgan fingerprint density at radius 3 is 2.73 bits per heavy atom. The maximum atomic E-state index is 12.9. The number of carbonyl (C=O) groups is 1. The average molecular weight is 213 g/mol. The van der Waals surface area contributed by atoms with Crippen molar-refractivity contribution in [3.8, 4) is 5.75 Å². The Hall–Kier alpha value is -1.78. The Bertz CT molecular complexity index is 366. The van der Waals surface area contributed by atoms with Gasteiger partial charge in [0.15, 0.2) is 11.6 Å². The van der Waals surface area contributed by atoms with Gasteiger partial charge in [-0.3, -0.25) is 5.32 Å². The van der Waals surface area contributed by atoms with Gasteiger partial charge in [0.1, 0.15) is 0 Å². The molecule has 1 amide bonds. The van der Waals surface area contributed by atoms with Gasteiger partial charge in [-0.1, -0.05) is 0 Å². The highest BCUT2D eigenvalue weighted by molar-refractivity contribution is 5.84. The first-order valence-corrected chi connectivity index (χ1v) is 4.45. The Labute approximate surface area is 86.7 Å². The molecule has 1 aromatic carbocycles. The van der Waals surface area contributed by atoms with Crippen LogP contribution >= 0.6 is 0 Å². The quantitative estimate of drug-likeness (QED) is 0.742. The van der Waals surface area contributed by atoms with Crippen LogP contribution in [0, 0.1) is 5.82 Å². The number of hydrogen-bond acceptors (Lipinski definition) is 3. The molecule has 0 aliphatic rings. The molecule has 0 aromatic heterocycles. The lowest BCUT2D eigenvalue weighted by molar-refractivity contribution is 0.130. The zero-order valence-corrected chi connectivity index (χ0v) is 8.45. The molecule has 0 heterocycles. The summed E-state index contributed by atoms with van der Waals surface area (Å²) in [6, 6.07) is 3.54. The van der Waals surface area contributed by atoms with Gasteiger partial charge in [-0.2, -0.15) is 0 Å². The van der Waals surface area contributed by atoms with Crippen LogP contribution in [0.4, 0.5) is 14.9 Å². The summed E-state index contributed by atoms with van der Waals surface area (Å²) in [4.78, 5) is 11.1. The van der Waals surface area contributed by atoms with Crippen molar-refractivity contribution in [2.45, 2.75) is 20.0 Å². The van der Waals surface area contributed by atoms with E-state index >= 15 is 0 Å². The summed E-state index contributed by atoms with van der Waals surface area (Å²) in [6.45, 7) is 3.41. The fraction of sp³-hybridized carbons (Fsp3) is 0.300. The van der Waals surface area contributed by atoms with E-state index in [4.69, 9.17) is 9.84 Å². The summed E-state index contributed by atoms with van der Waals surface area (Å²) in [5, 5.41) is 11.2. The van der Waals surface area contributed by atoms with Crippen LogP contribution in [0.5, 0.6) is 5.75 Å². The first-order valence-electron chi connectivity index (χ1n) is 4.45. The molecule has 1 rings (SSSR count). The number of benzene rings is 1. The molecule has 0 aliphatic heterocycles. The standard InChI is InChI=1S/C10H12FNO3/c1-6(2)15-10(14)12-7-3-4-9(13)8(11)5-7/h3-6,13H,1-2H3,(H,12,14). The molecule has 1 aromatic rings. The fourth-order valence-electron chi connectivity index (χ4n) is 0.946. The smallest absolute Gasteiger partial charge is 0.411 e. The lowest BCUT2D eigenvalue weighted by Crippen LogP contribution is -2.17. The number of carbonyl (C=O) groups excluding carboxylic acids is 1. The maximum Gasteiger partial charge on any atom is 0.411 e. The van der Waals surface area contributed by atoms with Crippen molar-refractivity contribution >= 4 is 11.8 Å². The van der Waals surface area contributed by atoms with Crippen LogP contribution in [0.1, 0.15) is 13.8 Å². The molecule has 0 saturated carbocycles. The second kappa shape index (κ2) is 4.63. The maximum absolute atomic E-state index is 12.9. The van der Waals surface area contributed by atoms with Crippen LogP contribution in [0.3, 0.4) is 0 Å². The zero-order chi connectivity index (χ0) is 11.4. The van der Waals surface area contributed by atoms with E-state index in [2.05, 4.69) is 5.32 Å². The van der Waals surface area contributed by atoms with Crippen molar-refractivity contribution in [1.29, 1.82) is 0 Å². The minimum atomic E-state index is -0.794. The number of ether oxygens (including phenoxy) is 1. The third-order valence-corrected chi connectivity index (χ3v) is 1.54. The van der Waals surface area contributed by atoms with Crippen molar-refractivity contribution in [2.75, 3.05) is 5.32 Å². The van der Waals surface area contributed by atoms with Crippen LogP contribution < -0.4 is 5.32 Å². The fourth-order valence-corrected chi connectivity index (χ4v) is 0.946. The second-order valence-corrected chi connectivity index (χ2v) is 3.25. The molecular weight excluding hydrogens is 201 g/mol. The van der Waals surface area contributed by atoms with Gasteiger partial charge in [-0.25, -0.2) is 9.18 Å². The third kappa shape index (κ3) is 3.46. The Balaban J connectivity index is 2.65. The van der Waals surface area contributed by atoms with E-state index in [9.17, 15) is 9.18 Å². The molecule has 2 N–H and O–H groups in total. The van der Waals surface area contributed by atoms with Gasteiger partial charge in [0.05, 0.1) is 6.10 Å². The van der Waals surface area contributed by atoms with E-state index in [1.165, 1.54) is 6.07 Å². The van der Waals surface area contributed by atoms with Gasteiger partial charge in [-0.05, 0) is 26.0 Å². The molecule has 4 nitrogen and oxygen atoms in total. The minimum Gasteiger partial charge on any atom is -0.505 e. The average Bonchev–Trinajstić information content (AvgIpc) is 2.10. The van der Waals surface area contributed by atoms with E-state index in [-0.39, 0.29) is 11.8 Å². The molecule has 0 spiro atoms. The Morgan fingerprint density at radius 1 is 1.53 bits per heavy atom. The van der Waals surface area contributed by atoms with E-state index in [1.54, 1.807) is 13.8 Å². The number of nitrogens with one attached hydrogen (secondary N) is 1. The zero-order valence-electron chi connectivity index (χ0n) is 8.45. The molecule has 82 valence electrons. The highest BCUT2D eigenvalue weighted by atomic mass is 19.1. The summed E-state index contributed by atoms with van der Waals surface area (Å²) >= 11 is 0. The van der Waals surface area contributed by atoms with Crippen molar-refractivity contribution in [1.82, 2.24) is 0 Å². The lowest BCUT2D eigenvalue weighted by atomic mass is 10.3. The van der Waals surface area contributed by atoms with Crippen LogP contribution in [0.15, 0.2) is 18.2 Å². The third-order valence-electron chi connectivity index (χ3n) is 1.54. The summed E-state index contributed by atoms with van der Waals surface area (Å²) < 4.78 is 17.6. The number of hydrogen-bond donors (Lipinski definition) is 2. The lowest BCUT2D eigenvalue weighted by Gasteiger charge is -2.09. The molecule has 0 atom stereocenters. The molecule has 5 heteroatoms. The van der Waals surface area contributed by atoms with E-state index in [0.29, 0.717) is 0 Å². The summed E-state index contributed by atoms with van der Waals surface area (Å²) in [6.07, 6.45) is -0.901. The summed E-state index contributed by atoms with van der Waals surface area (Å²) in [5.74, 6) is -1.25. The van der Waals surface area contributed by atoms with Crippen molar-refractivity contribution in [2.24, 2.45) is 0 Å². The van der Waals surface area contributed by atoms with E-state index < -0.39 is 17.7 Å². The van der Waals surface area contributed by atoms with Gasteiger partial charge < -0.3 is 9.84 Å². The number of amides is 1. The van der Waals surface area contributed by atoms with Crippen molar-refractivity contribution in [3.05, 3.63) is 24.0 Å². The topological polar surface area (TPSA) is 58.6 Å². The van der Waals surface area contributed by atoms with Crippen LogP contribution in [0.25, 0.3) is 0 Å². The first kappa shape index (κ1) is 11.3. The van der Waals surface area contributed by atoms with Gasteiger partial charge in [0, 0.05) is 11.8 Å². The predicted octanol–water partition coefficient (Wildman–Crippen LogP) is 2.49. The second-order valence-electron chi connectivity index (χ2n) is 3.25. The van der Waals surface area contributed by atoms with Crippen LogP contribution in [0.2, 0.25) is 0 Å². The van der Waals surface area contributed by atoms with E-state index in [0.717, 1.165) is 12.1 Å². The number of phenols is 1. The number of aromatic hydroxyl groups is 1.